The summed E-state index contributed by atoms with van der Waals surface area (Å²) >= 11 is 6.31. The van der Waals surface area contributed by atoms with Gasteiger partial charge in [-0.25, -0.2) is 13.4 Å². The minimum atomic E-state index is -3.44. The second kappa shape index (κ2) is 8.10. The van der Waals surface area contributed by atoms with E-state index in [0.29, 0.717) is 35.6 Å². The third-order valence-corrected chi connectivity index (χ3v) is 5.09. The second-order valence-corrected chi connectivity index (χ2v) is 8.44. The van der Waals surface area contributed by atoms with E-state index in [1.807, 2.05) is 35.8 Å². The Labute approximate surface area is 167 Å². The third-order valence-electron chi connectivity index (χ3n) is 4.18. The van der Waals surface area contributed by atoms with Crippen LogP contribution in [0.4, 0.5) is 5.69 Å². The molecule has 8 nitrogen and oxygen atoms in total. The van der Waals surface area contributed by atoms with E-state index in [2.05, 4.69) is 19.7 Å². The van der Waals surface area contributed by atoms with Crippen molar-refractivity contribution in [2.45, 2.75) is 19.8 Å². The molecule has 0 atom stereocenters. The molecule has 1 N–H and O–H groups in total. The lowest BCUT2D eigenvalue weighted by Gasteiger charge is -2.11. The van der Waals surface area contributed by atoms with Crippen molar-refractivity contribution in [3.8, 4) is 5.69 Å². The van der Waals surface area contributed by atoms with Gasteiger partial charge in [0.05, 0.1) is 28.0 Å². The van der Waals surface area contributed by atoms with Gasteiger partial charge in [-0.3, -0.25) is 9.29 Å². The number of benzene rings is 2. The number of halogens is 1. The topological polar surface area (TPSA) is 113 Å². The number of hydrogen-bond donors (Lipinski definition) is 1. The molecule has 3 rings (SSSR count). The summed E-state index contributed by atoms with van der Waals surface area (Å²) in [5.41, 5.74) is 12.1. The van der Waals surface area contributed by atoms with Crippen molar-refractivity contribution in [1.29, 1.82) is 0 Å². The van der Waals surface area contributed by atoms with Crippen molar-refractivity contribution in [3.63, 3.8) is 0 Å². The molecular formula is C18H19ClN6O2S. The second-order valence-electron chi connectivity index (χ2n) is 6.28. The first kappa shape index (κ1) is 20.0. The van der Waals surface area contributed by atoms with Crippen LogP contribution in [-0.2, 0) is 22.9 Å². The predicted octanol–water partition coefficient (Wildman–Crippen LogP) is 4.47. The van der Waals surface area contributed by atoms with E-state index >= 15 is 0 Å². The molecule has 0 aliphatic carbocycles. The number of azide groups is 1. The molecule has 0 unspecified atom stereocenters. The fourth-order valence-corrected chi connectivity index (χ4v) is 3.82. The van der Waals surface area contributed by atoms with Crippen molar-refractivity contribution >= 4 is 38.3 Å². The van der Waals surface area contributed by atoms with Crippen molar-refractivity contribution < 1.29 is 8.42 Å². The van der Waals surface area contributed by atoms with Crippen LogP contribution in [0.15, 0.2) is 41.5 Å². The van der Waals surface area contributed by atoms with E-state index in [1.54, 1.807) is 12.1 Å². The van der Waals surface area contributed by atoms with Crippen LogP contribution in [0.25, 0.3) is 27.2 Å². The zero-order chi connectivity index (χ0) is 20.3. The summed E-state index contributed by atoms with van der Waals surface area (Å²) in [4.78, 5) is 7.40. The van der Waals surface area contributed by atoms with Gasteiger partial charge in [0.2, 0.25) is 10.0 Å². The third kappa shape index (κ3) is 4.39. The molecule has 0 amide bonds. The molecule has 1 heterocycles. The van der Waals surface area contributed by atoms with Crippen molar-refractivity contribution in [3.05, 3.63) is 63.3 Å². The van der Waals surface area contributed by atoms with Crippen LogP contribution in [-0.4, -0.2) is 30.8 Å². The smallest absolute Gasteiger partial charge is 0.229 e. The summed E-state index contributed by atoms with van der Waals surface area (Å²) in [7, 11) is -3.44. The summed E-state index contributed by atoms with van der Waals surface area (Å²) in [6.45, 7) is 2.42. The quantitative estimate of drug-likeness (QED) is 0.347. The average Bonchev–Trinajstić information content (AvgIpc) is 2.99. The van der Waals surface area contributed by atoms with Gasteiger partial charge in [0.1, 0.15) is 5.82 Å². The lowest BCUT2D eigenvalue weighted by molar-refractivity contribution is 0.607. The van der Waals surface area contributed by atoms with Crippen LogP contribution in [0.5, 0.6) is 0 Å². The van der Waals surface area contributed by atoms with Crippen LogP contribution < -0.4 is 4.72 Å². The Bertz CT molecular complexity index is 1160. The maximum Gasteiger partial charge on any atom is 0.229 e. The molecule has 2 aromatic carbocycles. The first-order valence-corrected chi connectivity index (χ1v) is 10.9. The number of rotatable bonds is 7. The summed E-state index contributed by atoms with van der Waals surface area (Å²) in [5.74, 6) is 0.837. The normalized spacial score (nSPS) is 11.4. The number of fused-ring (bicyclic) bond motifs is 1. The summed E-state index contributed by atoms with van der Waals surface area (Å²) in [5, 5.41) is 3.85. The van der Waals surface area contributed by atoms with E-state index in [0.717, 1.165) is 28.8 Å². The highest BCUT2D eigenvalue weighted by atomic mass is 35.5. The number of aromatic nitrogens is 2. The van der Waals surface area contributed by atoms with Gasteiger partial charge >= 0.3 is 0 Å². The Morgan fingerprint density at radius 1 is 1.29 bits per heavy atom. The number of hydrogen-bond acceptors (Lipinski definition) is 4. The summed E-state index contributed by atoms with van der Waals surface area (Å²) in [6.07, 6.45) is 2.44. The molecule has 3 aromatic rings. The molecule has 10 heteroatoms. The lowest BCUT2D eigenvalue weighted by Crippen LogP contribution is -2.09. The zero-order valence-corrected chi connectivity index (χ0v) is 17.0. The molecule has 0 aliphatic heterocycles. The van der Waals surface area contributed by atoms with Gasteiger partial charge in [-0.05, 0) is 41.8 Å². The molecule has 0 saturated carbocycles. The summed E-state index contributed by atoms with van der Waals surface area (Å²) in [6, 6.07) is 11.3. The van der Waals surface area contributed by atoms with Crippen LogP contribution in [0.1, 0.15) is 18.3 Å². The molecule has 0 radical (unpaired) electrons. The van der Waals surface area contributed by atoms with Gasteiger partial charge in [-0.1, -0.05) is 35.8 Å². The molecule has 146 valence electrons. The standard InChI is InChI=1S/C18H19ClN6O2S/c1-3-18-22-16-11-15(23-28(2,26)27)14(19)10-17(16)25(18)13-6-4-12(5-7-13)8-9-21-24-20/h4-7,10-11,23H,3,8-9H2,1-2H3. The van der Waals surface area contributed by atoms with E-state index in [4.69, 9.17) is 17.1 Å². The molecule has 28 heavy (non-hydrogen) atoms. The molecular weight excluding hydrogens is 400 g/mol. The number of nitrogens with one attached hydrogen (secondary N) is 1. The molecule has 0 saturated heterocycles. The fraction of sp³-hybridized carbons (Fsp3) is 0.278. The molecule has 0 aliphatic rings. The van der Waals surface area contributed by atoms with Gasteiger partial charge in [0.25, 0.3) is 0 Å². The monoisotopic (exact) mass is 418 g/mol. The largest absolute Gasteiger partial charge is 0.296 e. The maximum atomic E-state index is 11.5. The van der Waals surface area contributed by atoms with Crippen molar-refractivity contribution in [1.82, 2.24) is 9.55 Å². The highest BCUT2D eigenvalue weighted by Gasteiger charge is 2.15. The Morgan fingerprint density at radius 3 is 2.61 bits per heavy atom. The van der Waals surface area contributed by atoms with Crippen LogP contribution in [0.3, 0.4) is 0 Å². The first-order chi connectivity index (χ1) is 13.3. The van der Waals surface area contributed by atoms with Gasteiger partial charge in [0, 0.05) is 23.6 Å². The number of sulfonamides is 1. The molecule has 0 fully saturated rings. The number of anilines is 1. The van der Waals surface area contributed by atoms with Gasteiger partial charge in [0.15, 0.2) is 0 Å². The average molecular weight is 419 g/mol. The fourth-order valence-electron chi connectivity index (χ4n) is 2.99. The highest BCUT2D eigenvalue weighted by molar-refractivity contribution is 7.92. The number of nitrogens with zero attached hydrogens (tertiary/aromatic N) is 5. The minimum absolute atomic E-state index is 0.299. The van der Waals surface area contributed by atoms with Gasteiger partial charge in [-0.2, -0.15) is 0 Å². The zero-order valence-electron chi connectivity index (χ0n) is 15.4. The summed E-state index contributed by atoms with van der Waals surface area (Å²) < 4.78 is 27.5. The Hall–Kier alpha value is -2.74. The van der Waals surface area contributed by atoms with Gasteiger partial charge < -0.3 is 0 Å². The van der Waals surface area contributed by atoms with E-state index in [1.165, 1.54) is 0 Å². The maximum absolute atomic E-state index is 11.5. The van der Waals surface area contributed by atoms with Gasteiger partial charge in [-0.15, -0.1) is 0 Å². The van der Waals surface area contributed by atoms with E-state index < -0.39 is 10.0 Å². The molecule has 0 bridgehead atoms. The van der Waals surface area contributed by atoms with E-state index in [9.17, 15) is 8.42 Å². The minimum Gasteiger partial charge on any atom is -0.296 e. The molecule has 1 aromatic heterocycles. The van der Waals surface area contributed by atoms with E-state index in [-0.39, 0.29) is 0 Å². The van der Waals surface area contributed by atoms with Crippen LogP contribution >= 0.6 is 11.6 Å². The lowest BCUT2D eigenvalue weighted by atomic mass is 10.1. The first-order valence-electron chi connectivity index (χ1n) is 8.61. The number of aryl methyl sites for hydroxylation is 1. The highest BCUT2D eigenvalue weighted by Crippen LogP contribution is 2.31. The molecule has 0 spiro atoms. The Morgan fingerprint density at radius 2 is 2.00 bits per heavy atom. The predicted molar refractivity (Wildman–Crippen MR) is 112 cm³/mol. The Kier molecular flexibility index (Phi) is 5.79. The Balaban J connectivity index is 2.05. The van der Waals surface area contributed by atoms with Crippen LogP contribution in [0.2, 0.25) is 5.02 Å². The number of imidazole rings is 1. The van der Waals surface area contributed by atoms with Crippen molar-refractivity contribution in [2.24, 2.45) is 5.11 Å². The SMILES string of the molecule is CCc1nc2cc(NS(C)(=O)=O)c(Cl)cc2n1-c1ccc(CCN=[N+]=[N-])cc1. The van der Waals surface area contributed by atoms with Crippen molar-refractivity contribution in [2.75, 3.05) is 17.5 Å². The van der Waals surface area contributed by atoms with Crippen LogP contribution in [0, 0.1) is 0 Å².